The first kappa shape index (κ1) is 14.9. The normalized spacial score (nSPS) is 11.9. The number of benzene rings is 4. The lowest BCUT2D eigenvalue weighted by Crippen LogP contribution is -1.94. The molecule has 0 aliphatic heterocycles. The Hall–Kier alpha value is -3.23. The zero-order valence-electron chi connectivity index (χ0n) is 14.3. The van der Waals surface area contributed by atoms with Crippen LogP contribution in [0.3, 0.4) is 0 Å². The van der Waals surface area contributed by atoms with Crippen molar-refractivity contribution in [1.29, 1.82) is 0 Å². The first-order valence-corrected chi connectivity index (χ1v) is 9.28. The van der Waals surface area contributed by atoms with Gasteiger partial charge in [-0.1, -0.05) is 54.1 Å². The van der Waals surface area contributed by atoms with Gasteiger partial charge < -0.3 is 8.98 Å². The van der Waals surface area contributed by atoms with Crippen molar-refractivity contribution in [3.63, 3.8) is 0 Å². The maximum atomic E-state index is 6.18. The molecule has 27 heavy (non-hydrogen) atoms. The molecule has 0 radical (unpaired) electrons. The molecule has 0 saturated carbocycles. The SMILES string of the molecule is Clc1ccc2c(c1)oc1cccc(-n3c4ccccc4c4ccccc43)c12. The highest BCUT2D eigenvalue weighted by Crippen LogP contribution is 2.38. The molecule has 0 unspecified atom stereocenters. The molecule has 0 bridgehead atoms. The summed E-state index contributed by atoms with van der Waals surface area (Å²) in [6.45, 7) is 0. The number of furan rings is 1. The molecule has 0 atom stereocenters. The van der Waals surface area contributed by atoms with Gasteiger partial charge in [-0.3, -0.25) is 0 Å². The molecule has 0 spiro atoms. The van der Waals surface area contributed by atoms with Crippen LogP contribution in [0, 0.1) is 0 Å². The van der Waals surface area contributed by atoms with Crippen LogP contribution >= 0.6 is 11.6 Å². The number of hydrogen-bond donors (Lipinski definition) is 0. The maximum Gasteiger partial charge on any atom is 0.137 e. The third kappa shape index (κ3) is 2.02. The second kappa shape index (κ2) is 5.38. The number of rotatable bonds is 1. The molecule has 0 saturated heterocycles. The van der Waals surface area contributed by atoms with E-state index in [0.29, 0.717) is 5.02 Å². The summed E-state index contributed by atoms with van der Waals surface area (Å²) in [6.07, 6.45) is 0. The lowest BCUT2D eigenvalue weighted by atomic mass is 10.1. The van der Waals surface area contributed by atoms with Crippen molar-refractivity contribution in [3.05, 3.63) is 90.0 Å². The largest absolute Gasteiger partial charge is 0.456 e. The quantitative estimate of drug-likeness (QED) is 0.297. The summed E-state index contributed by atoms with van der Waals surface area (Å²) in [5.41, 5.74) is 5.17. The predicted octanol–water partition coefficient (Wildman–Crippen LogP) is 7.34. The van der Waals surface area contributed by atoms with Crippen molar-refractivity contribution < 1.29 is 4.42 Å². The summed E-state index contributed by atoms with van der Waals surface area (Å²) >= 11 is 6.18. The first-order valence-electron chi connectivity index (χ1n) is 8.90. The fourth-order valence-electron chi connectivity index (χ4n) is 4.15. The Kier molecular flexibility index (Phi) is 2.97. The van der Waals surface area contributed by atoms with Gasteiger partial charge in [0.05, 0.1) is 22.1 Å². The van der Waals surface area contributed by atoms with Crippen molar-refractivity contribution in [1.82, 2.24) is 4.57 Å². The summed E-state index contributed by atoms with van der Waals surface area (Å²) in [6, 6.07) is 29.1. The number of nitrogens with zero attached hydrogens (tertiary/aromatic N) is 1. The fourth-order valence-corrected chi connectivity index (χ4v) is 4.31. The van der Waals surface area contributed by atoms with Crippen molar-refractivity contribution in [2.75, 3.05) is 0 Å². The van der Waals surface area contributed by atoms with Crippen LogP contribution in [-0.4, -0.2) is 4.57 Å². The Labute approximate surface area is 160 Å². The van der Waals surface area contributed by atoms with E-state index >= 15 is 0 Å². The molecule has 3 heteroatoms. The van der Waals surface area contributed by atoms with Gasteiger partial charge in [-0.2, -0.15) is 0 Å². The molecule has 0 N–H and O–H groups in total. The Bertz CT molecular complexity index is 1440. The first-order chi connectivity index (χ1) is 13.3. The van der Waals surface area contributed by atoms with Crippen molar-refractivity contribution in [2.45, 2.75) is 0 Å². The monoisotopic (exact) mass is 367 g/mol. The minimum Gasteiger partial charge on any atom is -0.456 e. The van der Waals surface area contributed by atoms with Gasteiger partial charge >= 0.3 is 0 Å². The third-order valence-electron chi connectivity index (χ3n) is 5.26. The molecule has 6 aromatic rings. The second-order valence-electron chi connectivity index (χ2n) is 6.76. The topological polar surface area (TPSA) is 18.1 Å². The third-order valence-corrected chi connectivity index (χ3v) is 5.49. The smallest absolute Gasteiger partial charge is 0.137 e. The van der Waals surface area contributed by atoms with Crippen molar-refractivity contribution in [3.8, 4) is 5.69 Å². The Morgan fingerprint density at radius 3 is 2.07 bits per heavy atom. The average molecular weight is 368 g/mol. The molecule has 0 aliphatic carbocycles. The van der Waals surface area contributed by atoms with Gasteiger partial charge in [0.1, 0.15) is 11.2 Å². The maximum absolute atomic E-state index is 6.18. The van der Waals surface area contributed by atoms with Crippen molar-refractivity contribution in [2.24, 2.45) is 0 Å². The van der Waals surface area contributed by atoms with Gasteiger partial charge in [0.15, 0.2) is 0 Å². The highest BCUT2D eigenvalue weighted by Gasteiger charge is 2.17. The van der Waals surface area contributed by atoms with Crippen LogP contribution in [0.5, 0.6) is 0 Å². The Morgan fingerprint density at radius 1 is 0.630 bits per heavy atom. The number of para-hydroxylation sites is 2. The van der Waals surface area contributed by atoms with Gasteiger partial charge in [0.2, 0.25) is 0 Å². The van der Waals surface area contributed by atoms with E-state index in [9.17, 15) is 0 Å². The molecular weight excluding hydrogens is 354 g/mol. The van der Waals surface area contributed by atoms with E-state index in [1.807, 2.05) is 30.3 Å². The van der Waals surface area contributed by atoms with Gasteiger partial charge in [-0.25, -0.2) is 0 Å². The van der Waals surface area contributed by atoms with Crippen LogP contribution in [0.4, 0.5) is 0 Å². The van der Waals surface area contributed by atoms with E-state index in [1.54, 1.807) is 0 Å². The van der Waals surface area contributed by atoms with Crippen LogP contribution in [0.2, 0.25) is 5.02 Å². The molecule has 0 fully saturated rings. The Morgan fingerprint density at radius 2 is 1.33 bits per heavy atom. The molecule has 2 nitrogen and oxygen atoms in total. The molecule has 4 aromatic carbocycles. The highest BCUT2D eigenvalue weighted by molar-refractivity contribution is 6.31. The molecular formula is C24H14ClNO. The summed E-state index contributed by atoms with van der Waals surface area (Å²) in [5.74, 6) is 0. The standard InChI is InChI=1S/C24H14ClNO/c25-15-12-13-18-23(14-15)27-22-11-5-10-21(24(18)22)26-19-8-3-1-6-16(19)17-7-2-4-9-20(17)26/h1-14H. The van der Waals surface area contributed by atoms with Crippen LogP contribution in [0.25, 0.3) is 49.4 Å². The molecule has 6 rings (SSSR count). The van der Waals surface area contributed by atoms with Gasteiger partial charge in [0.25, 0.3) is 0 Å². The predicted molar refractivity (Wildman–Crippen MR) is 113 cm³/mol. The van der Waals surface area contributed by atoms with Crippen LogP contribution in [-0.2, 0) is 0 Å². The number of fused-ring (bicyclic) bond motifs is 6. The van der Waals surface area contributed by atoms with Gasteiger partial charge in [-0.15, -0.1) is 0 Å². The van der Waals surface area contributed by atoms with Crippen LogP contribution < -0.4 is 0 Å². The zero-order chi connectivity index (χ0) is 18.0. The van der Waals surface area contributed by atoms with E-state index in [-0.39, 0.29) is 0 Å². The fraction of sp³-hybridized carbons (Fsp3) is 0. The zero-order valence-corrected chi connectivity index (χ0v) is 15.1. The Balaban J connectivity index is 1.85. The molecule has 2 heterocycles. The average Bonchev–Trinajstić information content (AvgIpc) is 3.23. The summed E-state index contributed by atoms with van der Waals surface area (Å²) in [4.78, 5) is 0. The lowest BCUT2D eigenvalue weighted by Gasteiger charge is -2.09. The van der Waals surface area contributed by atoms with Crippen molar-refractivity contribution >= 4 is 55.3 Å². The molecule has 0 amide bonds. The highest BCUT2D eigenvalue weighted by atomic mass is 35.5. The van der Waals surface area contributed by atoms with Gasteiger partial charge in [0, 0.05) is 27.2 Å². The molecule has 0 aliphatic rings. The lowest BCUT2D eigenvalue weighted by molar-refractivity contribution is 0.669. The minimum atomic E-state index is 0.681. The molecule has 128 valence electrons. The number of hydrogen-bond acceptors (Lipinski definition) is 1. The van der Waals surface area contributed by atoms with E-state index < -0.39 is 0 Å². The molecule has 2 aromatic heterocycles. The van der Waals surface area contributed by atoms with E-state index in [0.717, 1.165) is 27.6 Å². The van der Waals surface area contributed by atoms with Crippen LogP contribution in [0.15, 0.2) is 89.3 Å². The summed E-state index contributed by atoms with van der Waals surface area (Å²) < 4.78 is 8.43. The van der Waals surface area contributed by atoms with Gasteiger partial charge in [-0.05, 0) is 36.4 Å². The second-order valence-corrected chi connectivity index (χ2v) is 7.20. The summed E-state index contributed by atoms with van der Waals surface area (Å²) in [7, 11) is 0. The van der Waals surface area contributed by atoms with E-state index in [4.69, 9.17) is 16.0 Å². The van der Waals surface area contributed by atoms with Crippen LogP contribution in [0.1, 0.15) is 0 Å². The van der Waals surface area contributed by atoms with E-state index in [2.05, 4.69) is 59.2 Å². The van der Waals surface area contributed by atoms with E-state index in [1.165, 1.54) is 21.8 Å². The number of halogens is 1. The number of aromatic nitrogens is 1. The summed E-state index contributed by atoms with van der Waals surface area (Å²) in [5, 5.41) is 5.37. The minimum absolute atomic E-state index is 0.681.